The topological polar surface area (TPSA) is 72.0 Å². The van der Waals surface area contributed by atoms with Crippen LogP contribution in [0.2, 0.25) is 0 Å². The first-order valence-electron chi connectivity index (χ1n) is 12.0. The van der Waals surface area contributed by atoms with E-state index in [4.69, 9.17) is 9.47 Å². The third-order valence-corrected chi connectivity index (χ3v) is 8.24. The van der Waals surface area contributed by atoms with Crippen LogP contribution in [0.5, 0.6) is 11.5 Å². The van der Waals surface area contributed by atoms with E-state index in [2.05, 4.69) is 26.9 Å². The Morgan fingerprint density at radius 2 is 1.53 bits per heavy atom. The van der Waals surface area contributed by atoms with Gasteiger partial charge in [-0.25, -0.2) is 8.42 Å². The van der Waals surface area contributed by atoms with Crippen molar-refractivity contribution in [1.82, 2.24) is 4.98 Å². The number of aromatic nitrogens is 1. The minimum atomic E-state index is -3.84. The van der Waals surface area contributed by atoms with Gasteiger partial charge in [0.05, 0.1) is 29.8 Å². The van der Waals surface area contributed by atoms with Crippen LogP contribution in [-0.2, 0) is 9.84 Å². The van der Waals surface area contributed by atoms with Gasteiger partial charge in [0.25, 0.3) is 0 Å². The van der Waals surface area contributed by atoms with Gasteiger partial charge in [0, 0.05) is 43.4 Å². The zero-order chi connectivity index (χ0) is 25.1. The zero-order valence-electron chi connectivity index (χ0n) is 20.4. The standard InChI is InChI=1S/C28H29N3O4S/c1-3-35-23-11-14-26-25(19-23)28(31-17-15-30(16-18-31)21-7-5-4-6-8-21)27(20-29-26)36(32,33)24-12-9-22(34-2)10-13-24/h4-14,19-20H,3,15-18H2,1-2H3. The predicted molar refractivity (Wildman–Crippen MR) is 142 cm³/mol. The molecule has 0 radical (unpaired) electrons. The highest BCUT2D eigenvalue weighted by molar-refractivity contribution is 7.91. The van der Waals surface area contributed by atoms with Crippen LogP contribution in [0.3, 0.4) is 0 Å². The lowest BCUT2D eigenvalue weighted by atomic mass is 10.1. The molecule has 0 atom stereocenters. The summed E-state index contributed by atoms with van der Waals surface area (Å²) < 4.78 is 38.7. The van der Waals surface area contributed by atoms with E-state index >= 15 is 0 Å². The SMILES string of the molecule is CCOc1ccc2ncc(S(=O)(=O)c3ccc(OC)cc3)c(N3CCN(c4ccccc4)CC3)c2c1. The highest BCUT2D eigenvalue weighted by atomic mass is 32.2. The molecule has 1 saturated heterocycles. The van der Waals surface area contributed by atoms with Crippen LogP contribution in [0.1, 0.15) is 6.92 Å². The van der Waals surface area contributed by atoms with Crippen molar-refractivity contribution in [2.45, 2.75) is 16.7 Å². The van der Waals surface area contributed by atoms with E-state index in [1.54, 1.807) is 31.4 Å². The fourth-order valence-corrected chi connectivity index (χ4v) is 6.06. The quantitative estimate of drug-likeness (QED) is 0.359. The largest absolute Gasteiger partial charge is 0.497 e. The smallest absolute Gasteiger partial charge is 0.210 e. The van der Waals surface area contributed by atoms with Crippen LogP contribution in [-0.4, -0.2) is 53.3 Å². The van der Waals surface area contributed by atoms with Crippen molar-refractivity contribution >= 4 is 32.1 Å². The molecule has 1 aliphatic rings. The Morgan fingerprint density at radius 1 is 0.861 bits per heavy atom. The first kappa shape index (κ1) is 23.9. The molecule has 5 rings (SSSR count). The van der Waals surface area contributed by atoms with Crippen molar-refractivity contribution in [2.75, 3.05) is 49.7 Å². The number of fused-ring (bicyclic) bond motifs is 1. The highest BCUT2D eigenvalue weighted by Gasteiger charge is 2.29. The Kier molecular flexibility index (Phi) is 6.69. The van der Waals surface area contributed by atoms with Gasteiger partial charge in [-0.05, 0) is 61.5 Å². The van der Waals surface area contributed by atoms with Gasteiger partial charge < -0.3 is 19.3 Å². The van der Waals surface area contributed by atoms with Crippen LogP contribution in [0.15, 0.2) is 88.8 Å². The summed E-state index contributed by atoms with van der Waals surface area (Å²) in [7, 11) is -2.28. The molecular formula is C28H29N3O4S. The Morgan fingerprint density at radius 3 is 2.19 bits per heavy atom. The monoisotopic (exact) mass is 503 g/mol. The summed E-state index contributed by atoms with van der Waals surface area (Å²) >= 11 is 0. The number of nitrogens with zero attached hydrogens (tertiary/aromatic N) is 3. The van der Waals surface area contributed by atoms with Gasteiger partial charge in [-0.1, -0.05) is 18.2 Å². The number of sulfone groups is 1. The van der Waals surface area contributed by atoms with Crippen LogP contribution >= 0.6 is 0 Å². The first-order chi connectivity index (χ1) is 17.5. The molecule has 0 bridgehead atoms. The van der Waals surface area contributed by atoms with Crippen molar-refractivity contribution in [3.63, 3.8) is 0 Å². The van der Waals surface area contributed by atoms with Gasteiger partial charge >= 0.3 is 0 Å². The second-order valence-corrected chi connectivity index (χ2v) is 10.5. The van der Waals surface area contributed by atoms with E-state index in [0.29, 0.717) is 36.9 Å². The molecule has 3 aromatic carbocycles. The number of piperazine rings is 1. The van der Waals surface area contributed by atoms with Crippen LogP contribution in [0, 0.1) is 0 Å². The van der Waals surface area contributed by atoms with Gasteiger partial charge in [-0.15, -0.1) is 0 Å². The number of hydrogen-bond donors (Lipinski definition) is 0. The Hall–Kier alpha value is -3.78. The number of methoxy groups -OCH3 is 1. The summed E-state index contributed by atoms with van der Waals surface area (Å²) in [6.07, 6.45) is 1.49. The molecule has 0 N–H and O–H groups in total. The average Bonchev–Trinajstić information content (AvgIpc) is 2.93. The van der Waals surface area contributed by atoms with Gasteiger partial charge in [0.1, 0.15) is 16.4 Å². The molecule has 8 heteroatoms. The molecule has 0 saturated carbocycles. The van der Waals surface area contributed by atoms with E-state index in [1.165, 1.54) is 11.9 Å². The molecule has 1 fully saturated rings. The number of rotatable bonds is 7. The molecule has 186 valence electrons. The Balaban J connectivity index is 1.60. The summed E-state index contributed by atoms with van der Waals surface area (Å²) in [6, 6.07) is 22.4. The van der Waals surface area contributed by atoms with Crippen LogP contribution < -0.4 is 19.3 Å². The fraction of sp³-hybridized carbons (Fsp3) is 0.250. The second-order valence-electron chi connectivity index (χ2n) is 8.57. The van der Waals surface area contributed by atoms with Crippen molar-refractivity contribution in [1.29, 1.82) is 0 Å². The average molecular weight is 504 g/mol. The van der Waals surface area contributed by atoms with Gasteiger partial charge in [-0.3, -0.25) is 4.98 Å². The minimum Gasteiger partial charge on any atom is -0.497 e. The maximum atomic E-state index is 13.9. The van der Waals surface area contributed by atoms with Gasteiger partial charge in [0.15, 0.2) is 0 Å². The summed E-state index contributed by atoms with van der Waals surface area (Å²) in [6.45, 7) is 5.36. The number of ether oxygens (including phenoxy) is 2. The lowest BCUT2D eigenvalue weighted by molar-refractivity contribution is 0.340. The summed E-state index contributed by atoms with van der Waals surface area (Å²) in [5, 5.41) is 0.767. The lowest BCUT2D eigenvalue weighted by Gasteiger charge is -2.38. The predicted octanol–water partition coefficient (Wildman–Crippen LogP) is 4.80. The molecule has 0 amide bonds. The summed E-state index contributed by atoms with van der Waals surface area (Å²) in [4.78, 5) is 9.41. The molecule has 2 heterocycles. The minimum absolute atomic E-state index is 0.196. The van der Waals surface area contributed by atoms with E-state index < -0.39 is 9.84 Å². The summed E-state index contributed by atoms with van der Waals surface area (Å²) in [5.41, 5.74) is 2.57. The molecule has 0 spiro atoms. The maximum absolute atomic E-state index is 13.9. The molecule has 36 heavy (non-hydrogen) atoms. The van der Waals surface area contributed by atoms with E-state index in [-0.39, 0.29) is 9.79 Å². The molecule has 1 aromatic heterocycles. The molecule has 7 nitrogen and oxygen atoms in total. The zero-order valence-corrected chi connectivity index (χ0v) is 21.2. The Bertz CT molecular complexity index is 1450. The molecule has 4 aromatic rings. The maximum Gasteiger partial charge on any atom is 0.210 e. The molecule has 0 unspecified atom stereocenters. The van der Waals surface area contributed by atoms with E-state index in [9.17, 15) is 8.42 Å². The van der Waals surface area contributed by atoms with E-state index in [1.807, 2.05) is 43.3 Å². The highest BCUT2D eigenvalue weighted by Crippen LogP contribution is 2.38. The molecule has 0 aliphatic carbocycles. The lowest BCUT2D eigenvalue weighted by Crippen LogP contribution is -2.47. The number of para-hydroxylation sites is 1. The molecule has 1 aliphatic heterocycles. The number of anilines is 2. The number of benzene rings is 3. The number of hydrogen-bond acceptors (Lipinski definition) is 7. The van der Waals surface area contributed by atoms with Crippen molar-refractivity contribution in [3.8, 4) is 11.5 Å². The van der Waals surface area contributed by atoms with Crippen LogP contribution in [0.4, 0.5) is 11.4 Å². The van der Waals surface area contributed by atoms with Crippen molar-refractivity contribution < 1.29 is 17.9 Å². The third-order valence-electron chi connectivity index (χ3n) is 6.46. The fourth-order valence-electron chi connectivity index (χ4n) is 4.63. The summed E-state index contributed by atoms with van der Waals surface area (Å²) in [5.74, 6) is 1.29. The third kappa shape index (κ3) is 4.56. The van der Waals surface area contributed by atoms with Gasteiger partial charge in [0.2, 0.25) is 9.84 Å². The van der Waals surface area contributed by atoms with Crippen LogP contribution in [0.25, 0.3) is 10.9 Å². The van der Waals surface area contributed by atoms with E-state index in [0.717, 1.165) is 24.0 Å². The van der Waals surface area contributed by atoms with Crippen molar-refractivity contribution in [2.24, 2.45) is 0 Å². The Labute approximate surface area is 211 Å². The van der Waals surface area contributed by atoms with Crippen molar-refractivity contribution in [3.05, 3.63) is 79.0 Å². The first-order valence-corrected chi connectivity index (χ1v) is 13.5. The van der Waals surface area contributed by atoms with Gasteiger partial charge in [-0.2, -0.15) is 0 Å². The number of pyridine rings is 1. The normalized spacial score (nSPS) is 14.2. The molecular weight excluding hydrogens is 474 g/mol. The second kappa shape index (κ2) is 10.1.